The van der Waals surface area contributed by atoms with Crippen LogP contribution in [0.2, 0.25) is 0 Å². The van der Waals surface area contributed by atoms with Crippen molar-refractivity contribution in [3.8, 4) is 5.75 Å². The second kappa shape index (κ2) is 9.85. The monoisotopic (exact) mass is 489 g/mol. The second-order valence-corrected chi connectivity index (χ2v) is 8.70. The summed E-state index contributed by atoms with van der Waals surface area (Å²) in [5.41, 5.74) is -1.78. The van der Waals surface area contributed by atoms with Gasteiger partial charge in [0.2, 0.25) is 0 Å². The molecule has 34 heavy (non-hydrogen) atoms. The molecule has 0 bridgehead atoms. The number of carbonyl (C=O) groups is 1. The van der Waals surface area contributed by atoms with Crippen molar-refractivity contribution < 1.29 is 41.0 Å². The normalized spacial score (nSPS) is 17.2. The SMILES string of the molecule is CC(c1cc(C(F)(F)F)ccc1C(F)(F)F)N1CC(COc2cccc(C[C@H](C)C(=O)O)c2)C1. The van der Waals surface area contributed by atoms with Crippen LogP contribution in [0.3, 0.4) is 0 Å². The minimum atomic E-state index is -4.76. The number of carboxylic acids is 1. The maximum Gasteiger partial charge on any atom is 0.416 e. The summed E-state index contributed by atoms with van der Waals surface area (Å²) >= 11 is 0. The Hall–Kier alpha value is -2.75. The van der Waals surface area contributed by atoms with Crippen LogP contribution in [-0.4, -0.2) is 35.7 Å². The van der Waals surface area contributed by atoms with Gasteiger partial charge in [0.1, 0.15) is 5.75 Å². The lowest BCUT2D eigenvalue weighted by molar-refractivity contribution is -0.142. The van der Waals surface area contributed by atoms with E-state index >= 15 is 0 Å². The minimum absolute atomic E-state index is 0.00387. The molecule has 0 aliphatic carbocycles. The average molecular weight is 489 g/mol. The van der Waals surface area contributed by atoms with Gasteiger partial charge >= 0.3 is 18.3 Å². The topological polar surface area (TPSA) is 49.8 Å². The molecule has 2 aromatic rings. The molecule has 0 spiro atoms. The van der Waals surface area contributed by atoms with E-state index < -0.39 is 47.0 Å². The Labute approximate surface area is 193 Å². The van der Waals surface area contributed by atoms with Crippen molar-refractivity contribution in [1.82, 2.24) is 4.90 Å². The van der Waals surface area contributed by atoms with Gasteiger partial charge in [-0.25, -0.2) is 0 Å². The molecule has 0 amide bonds. The lowest BCUT2D eigenvalue weighted by Gasteiger charge is -2.43. The van der Waals surface area contributed by atoms with Gasteiger partial charge < -0.3 is 9.84 Å². The molecular weight excluding hydrogens is 464 g/mol. The summed E-state index contributed by atoms with van der Waals surface area (Å²) in [6, 6.07) is 7.71. The number of rotatable bonds is 8. The highest BCUT2D eigenvalue weighted by Crippen LogP contribution is 2.41. The Morgan fingerprint density at radius 2 is 1.74 bits per heavy atom. The van der Waals surface area contributed by atoms with Gasteiger partial charge in [0.25, 0.3) is 0 Å². The Kier molecular flexibility index (Phi) is 7.50. The molecule has 3 rings (SSSR count). The molecule has 1 unspecified atom stereocenters. The molecule has 4 nitrogen and oxygen atoms in total. The Morgan fingerprint density at radius 1 is 1.06 bits per heavy atom. The van der Waals surface area contributed by atoms with Crippen molar-refractivity contribution in [3.63, 3.8) is 0 Å². The lowest BCUT2D eigenvalue weighted by Crippen LogP contribution is -2.50. The summed E-state index contributed by atoms with van der Waals surface area (Å²) in [7, 11) is 0. The predicted molar refractivity (Wildman–Crippen MR) is 112 cm³/mol. The van der Waals surface area contributed by atoms with Gasteiger partial charge in [0.15, 0.2) is 0 Å². The summed E-state index contributed by atoms with van der Waals surface area (Å²) in [4.78, 5) is 12.7. The molecule has 1 N–H and O–H groups in total. The van der Waals surface area contributed by atoms with Crippen LogP contribution in [0.5, 0.6) is 5.75 Å². The first kappa shape index (κ1) is 25.9. The summed E-state index contributed by atoms with van der Waals surface area (Å²) < 4.78 is 85.2. The quantitative estimate of drug-likeness (QED) is 0.458. The molecule has 1 saturated heterocycles. The molecule has 1 heterocycles. The second-order valence-electron chi connectivity index (χ2n) is 8.70. The Bertz CT molecular complexity index is 1010. The van der Waals surface area contributed by atoms with Crippen LogP contribution in [0, 0.1) is 11.8 Å². The van der Waals surface area contributed by atoms with E-state index in [1.807, 2.05) is 0 Å². The van der Waals surface area contributed by atoms with Gasteiger partial charge in [0.05, 0.1) is 23.7 Å². The highest BCUT2D eigenvalue weighted by Gasteiger charge is 2.40. The van der Waals surface area contributed by atoms with Crippen LogP contribution >= 0.6 is 0 Å². The van der Waals surface area contributed by atoms with Gasteiger partial charge in [0, 0.05) is 25.0 Å². The number of aliphatic carboxylic acids is 1. The molecule has 2 atom stereocenters. The Morgan fingerprint density at radius 3 is 2.32 bits per heavy atom. The van der Waals surface area contributed by atoms with Crippen LogP contribution in [0.1, 0.15) is 42.1 Å². The summed E-state index contributed by atoms with van der Waals surface area (Å²) in [5, 5.41) is 9.04. The number of benzene rings is 2. The molecule has 186 valence electrons. The predicted octanol–water partition coefficient (Wildman–Crippen LogP) is 6.06. The highest BCUT2D eigenvalue weighted by molar-refractivity contribution is 5.69. The summed E-state index contributed by atoms with van der Waals surface area (Å²) in [6.07, 6.45) is -9.15. The van der Waals surface area contributed by atoms with Crippen LogP contribution in [0.25, 0.3) is 0 Å². The van der Waals surface area contributed by atoms with E-state index in [2.05, 4.69) is 0 Å². The zero-order valence-electron chi connectivity index (χ0n) is 18.6. The van der Waals surface area contributed by atoms with E-state index in [1.165, 1.54) is 6.92 Å². The fraction of sp³-hybridized carbons (Fsp3) is 0.458. The van der Waals surface area contributed by atoms with Crippen LogP contribution in [-0.2, 0) is 23.6 Å². The van der Waals surface area contributed by atoms with Crippen molar-refractivity contribution in [2.75, 3.05) is 19.7 Å². The van der Waals surface area contributed by atoms with Gasteiger partial charge in [-0.1, -0.05) is 19.1 Å². The largest absolute Gasteiger partial charge is 0.493 e. The van der Waals surface area contributed by atoms with Crippen molar-refractivity contribution >= 4 is 5.97 Å². The number of hydrogen-bond donors (Lipinski definition) is 1. The zero-order valence-corrected chi connectivity index (χ0v) is 18.6. The van der Waals surface area contributed by atoms with Crippen LogP contribution in [0.15, 0.2) is 42.5 Å². The average Bonchev–Trinajstić information content (AvgIpc) is 2.70. The van der Waals surface area contributed by atoms with Crippen LogP contribution < -0.4 is 4.74 Å². The third-order valence-electron chi connectivity index (χ3n) is 6.02. The molecular formula is C24H25F6NO3. The van der Waals surface area contributed by atoms with Crippen molar-refractivity contribution in [3.05, 3.63) is 64.7 Å². The van der Waals surface area contributed by atoms with E-state index in [0.29, 0.717) is 43.5 Å². The van der Waals surface area contributed by atoms with Crippen molar-refractivity contribution in [2.24, 2.45) is 11.8 Å². The lowest BCUT2D eigenvalue weighted by atomic mass is 9.92. The number of likely N-dealkylation sites (tertiary alicyclic amines) is 1. The third-order valence-corrected chi connectivity index (χ3v) is 6.02. The molecule has 2 aromatic carbocycles. The van der Waals surface area contributed by atoms with Gasteiger partial charge in [-0.05, 0) is 54.8 Å². The standard InChI is InChI=1S/C24H25F6NO3/c1-14(22(32)33)8-16-4-3-5-19(9-16)34-13-17-11-31(12-17)15(2)20-10-18(23(25,26)27)6-7-21(20)24(28,29)30/h3-7,9-10,14-15,17H,8,11-13H2,1-2H3,(H,32,33)/t14-,15?/m0/s1. The summed E-state index contributed by atoms with van der Waals surface area (Å²) in [6.45, 7) is 4.12. The number of alkyl halides is 6. The van der Waals surface area contributed by atoms with Crippen molar-refractivity contribution in [1.29, 1.82) is 0 Å². The maximum absolute atomic E-state index is 13.4. The van der Waals surface area contributed by atoms with E-state index in [9.17, 15) is 31.1 Å². The number of ether oxygens (including phenoxy) is 1. The number of nitrogens with zero attached hydrogens (tertiary/aromatic N) is 1. The van der Waals surface area contributed by atoms with E-state index in [0.717, 1.165) is 5.56 Å². The molecule has 1 aliphatic rings. The molecule has 1 fully saturated rings. The van der Waals surface area contributed by atoms with Gasteiger partial charge in [-0.3, -0.25) is 9.69 Å². The fourth-order valence-corrected chi connectivity index (χ4v) is 3.99. The highest BCUT2D eigenvalue weighted by atomic mass is 19.4. The first-order valence-corrected chi connectivity index (χ1v) is 10.7. The van der Waals surface area contributed by atoms with Gasteiger partial charge in [-0.15, -0.1) is 0 Å². The number of carboxylic acid groups (broad SMARTS) is 1. The van der Waals surface area contributed by atoms with Crippen LogP contribution in [0.4, 0.5) is 26.3 Å². The van der Waals surface area contributed by atoms with Crippen molar-refractivity contribution in [2.45, 2.75) is 38.7 Å². The molecule has 0 radical (unpaired) electrons. The third kappa shape index (κ3) is 6.22. The molecule has 0 aromatic heterocycles. The first-order valence-electron chi connectivity index (χ1n) is 10.7. The zero-order chi connectivity index (χ0) is 25.3. The number of halogens is 6. The summed E-state index contributed by atoms with van der Waals surface area (Å²) in [5.74, 6) is -0.887. The van der Waals surface area contributed by atoms with E-state index in [-0.39, 0.29) is 12.5 Å². The van der Waals surface area contributed by atoms with E-state index in [4.69, 9.17) is 9.84 Å². The van der Waals surface area contributed by atoms with E-state index in [1.54, 1.807) is 36.1 Å². The Balaban J connectivity index is 1.61. The molecule has 10 heteroatoms. The fourth-order valence-electron chi connectivity index (χ4n) is 3.99. The smallest absolute Gasteiger partial charge is 0.416 e. The minimum Gasteiger partial charge on any atom is -0.493 e. The van der Waals surface area contributed by atoms with Gasteiger partial charge in [-0.2, -0.15) is 26.3 Å². The first-order chi connectivity index (χ1) is 15.8. The maximum atomic E-state index is 13.4. The number of hydrogen-bond acceptors (Lipinski definition) is 3. The molecule has 1 aliphatic heterocycles. The molecule has 0 saturated carbocycles.